The Balaban J connectivity index is 1.95. The number of amides is 2. The van der Waals surface area contributed by atoms with Gasteiger partial charge in [-0.25, -0.2) is 0 Å². The van der Waals surface area contributed by atoms with Gasteiger partial charge in [0.1, 0.15) is 0 Å². The van der Waals surface area contributed by atoms with Gasteiger partial charge in [-0.1, -0.05) is 12.1 Å². The monoisotopic (exact) mass is 323 g/mol. The Morgan fingerprint density at radius 3 is 2.52 bits per heavy atom. The predicted molar refractivity (Wildman–Crippen MR) is 76.2 cm³/mol. The fourth-order valence-electron chi connectivity index (χ4n) is 1.73. The molecule has 0 aliphatic rings. The molecule has 2 aromatic rings. The van der Waals surface area contributed by atoms with E-state index >= 15 is 0 Å². The van der Waals surface area contributed by atoms with Crippen LogP contribution in [-0.2, 0) is 22.3 Å². The number of rotatable bonds is 3. The summed E-state index contributed by atoms with van der Waals surface area (Å²) in [7, 11) is 0. The molecule has 1 aromatic carbocycles. The zero-order valence-electron chi connectivity index (χ0n) is 11.7. The minimum absolute atomic E-state index is 0.0860. The largest absolute Gasteiger partial charge is 0.416 e. The number of carbonyl (C=O) groups is 2. The van der Waals surface area contributed by atoms with Gasteiger partial charge in [-0.15, -0.1) is 0 Å². The zero-order chi connectivity index (χ0) is 16.9. The van der Waals surface area contributed by atoms with Crippen LogP contribution in [0.4, 0.5) is 18.9 Å². The van der Waals surface area contributed by atoms with E-state index in [1.54, 1.807) is 18.3 Å². The predicted octanol–water partition coefficient (Wildman–Crippen LogP) is 2.36. The van der Waals surface area contributed by atoms with Gasteiger partial charge in [0.25, 0.3) is 0 Å². The molecular weight excluding hydrogens is 311 g/mol. The molecule has 0 saturated carbocycles. The van der Waals surface area contributed by atoms with Crippen LogP contribution in [0.15, 0.2) is 48.8 Å². The summed E-state index contributed by atoms with van der Waals surface area (Å²) in [4.78, 5) is 27.2. The van der Waals surface area contributed by atoms with Crippen LogP contribution in [0.1, 0.15) is 11.1 Å². The van der Waals surface area contributed by atoms with Gasteiger partial charge in [0.05, 0.1) is 5.56 Å². The van der Waals surface area contributed by atoms with Gasteiger partial charge in [0.15, 0.2) is 0 Å². The average Bonchev–Trinajstić information content (AvgIpc) is 2.53. The minimum Gasteiger partial charge on any atom is -0.344 e. The molecule has 0 fully saturated rings. The molecule has 0 saturated heterocycles. The van der Waals surface area contributed by atoms with E-state index in [1.807, 2.05) is 0 Å². The zero-order valence-corrected chi connectivity index (χ0v) is 11.7. The summed E-state index contributed by atoms with van der Waals surface area (Å²) in [5.41, 5.74) is -0.333. The second kappa shape index (κ2) is 6.91. The average molecular weight is 323 g/mol. The highest BCUT2D eigenvalue weighted by Crippen LogP contribution is 2.30. The molecule has 2 rings (SSSR count). The molecule has 2 N–H and O–H groups in total. The maximum atomic E-state index is 12.6. The van der Waals surface area contributed by atoms with Crippen molar-refractivity contribution >= 4 is 17.5 Å². The van der Waals surface area contributed by atoms with Gasteiger partial charge in [-0.05, 0) is 29.8 Å². The molecule has 0 aliphatic carbocycles. The first-order chi connectivity index (χ1) is 10.9. The van der Waals surface area contributed by atoms with Crippen molar-refractivity contribution in [3.05, 3.63) is 59.9 Å². The summed E-state index contributed by atoms with van der Waals surface area (Å²) >= 11 is 0. The van der Waals surface area contributed by atoms with E-state index in [1.165, 1.54) is 12.3 Å². The Morgan fingerprint density at radius 2 is 1.87 bits per heavy atom. The van der Waals surface area contributed by atoms with Gasteiger partial charge in [0, 0.05) is 24.6 Å². The normalized spacial score (nSPS) is 10.9. The fraction of sp³-hybridized carbons (Fsp3) is 0.133. The summed E-state index contributed by atoms with van der Waals surface area (Å²) in [6.07, 6.45) is -1.44. The van der Waals surface area contributed by atoms with Crippen molar-refractivity contribution in [3.63, 3.8) is 0 Å². The van der Waals surface area contributed by atoms with Gasteiger partial charge in [0.2, 0.25) is 0 Å². The lowest BCUT2D eigenvalue weighted by Crippen LogP contribution is -2.35. The van der Waals surface area contributed by atoms with Crippen LogP contribution in [0.2, 0.25) is 0 Å². The molecule has 120 valence electrons. The summed E-state index contributed by atoms with van der Waals surface area (Å²) in [6.45, 7) is 0.0860. The Labute approximate surface area is 129 Å². The molecule has 0 aliphatic heterocycles. The van der Waals surface area contributed by atoms with Crippen molar-refractivity contribution in [1.82, 2.24) is 10.3 Å². The second-order valence-electron chi connectivity index (χ2n) is 4.58. The highest BCUT2D eigenvalue weighted by Gasteiger charge is 2.30. The van der Waals surface area contributed by atoms with Crippen molar-refractivity contribution in [3.8, 4) is 0 Å². The molecule has 0 radical (unpaired) electrons. The van der Waals surface area contributed by atoms with Crippen LogP contribution >= 0.6 is 0 Å². The van der Waals surface area contributed by atoms with Crippen LogP contribution in [0.25, 0.3) is 0 Å². The lowest BCUT2D eigenvalue weighted by Gasteiger charge is -2.10. The summed E-state index contributed by atoms with van der Waals surface area (Å²) in [6, 6.07) is 7.42. The number of pyridine rings is 1. The Kier molecular flexibility index (Phi) is 4.95. The lowest BCUT2D eigenvalue weighted by atomic mass is 10.2. The number of anilines is 1. The summed E-state index contributed by atoms with van der Waals surface area (Å²) in [5, 5.41) is 4.47. The molecule has 8 heteroatoms. The van der Waals surface area contributed by atoms with E-state index in [0.717, 1.165) is 18.2 Å². The third-order valence-corrected chi connectivity index (χ3v) is 2.83. The molecule has 1 heterocycles. The first-order valence-corrected chi connectivity index (χ1v) is 6.51. The Hall–Kier alpha value is -2.90. The van der Waals surface area contributed by atoms with E-state index in [4.69, 9.17) is 0 Å². The van der Waals surface area contributed by atoms with E-state index in [-0.39, 0.29) is 12.2 Å². The van der Waals surface area contributed by atoms with Crippen LogP contribution in [0, 0.1) is 0 Å². The van der Waals surface area contributed by atoms with Crippen LogP contribution in [0.3, 0.4) is 0 Å². The molecule has 5 nitrogen and oxygen atoms in total. The highest BCUT2D eigenvalue weighted by atomic mass is 19.4. The number of halogens is 3. The van der Waals surface area contributed by atoms with Crippen molar-refractivity contribution in [2.24, 2.45) is 0 Å². The second-order valence-corrected chi connectivity index (χ2v) is 4.58. The number of aromatic nitrogens is 1. The molecule has 1 aromatic heterocycles. The summed E-state index contributed by atoms with van der Waals surface area (Å²) in [5.74, 6) is -2.00. The number of nitrogens with zero attached hydrogens (tertiary/aromatic N) is 1. The number of hydrogen-bond acceptors (Lipinski definition) is 3. The van der Waals surface area contributed by atoms with Gasteiger partial charge in [-0.3, -0.25) is 14.6 Å². The number of nitrogens with one attached hydrogen (secondary N) is 2. The van der Waals surface area contributed by atoms with Crippen molar-refractivity contribution in [2.45, 2.75) is 12.7 Å². The van der Waals surface area contributed by atoms with E-state index < -0.39 is 23.6 Å². The van der Waals surface area contributed by atoms with Gasteiger partial charge < -0.3 is 10.6 Å². The van der Waals surface area contributed by atoms with E-state index in [0.29, 0.717) is 5.56 Å². The van der Waals surface area contributed by atoms with Gasteiger partial charge >= 0.3 is 18.0 Å². The number of benzene rings is 1. The molecule has 0 atom stereocenters. The lowest BCUT2D eigenvalue weighted by molar-refractivity contribution is -0.137. The standard InChI is InChI=1S/C15H12F3N3O2/c16-15(17,18)11-4-1-5-12(7-11)21-14(23)13(22)20-9-10-3-2-6-19-8-10/h1-8H,9H2,(H,20,22)(H,21,23). The smallest absolute Gasteiger partial charge is 0.344 e. The van der Waals surface area contributed by atoms with Crippen LogP contribution in [-0.4, -0.2) is 16.8 Å². The van der Waals surface area contributed by atoms with Crippen molar-refractivity contribution in [1.29, 1.82) is 0 Å². The van der Waals surface area contributed by atoms with Crippen molar-refractivity contribution in [2.75, 3.05) is 5.32 Å². The Bertz CT molecular complexity index is 703. The first-order valence-electron chi connectivity index (χ1n) is 6.51. The maximum Gasteiger partial charge on any atom is 0.416 e. The highest BCUT2D eigenvalue weighted by molar-refractivity contribution is 6.39. The summed E-state index contributed by atoms with van der Waals surface area (Å²) < 4.78 is 37.7. The molecule has 0 spiro atoms. The number of carbonyl (C=O) groups excluding carboxylic acids is 2. The van der Waals surface area contributed by atoms with Crippen LogP contribution < -0.4 is 10.6 Å². The quantitative estimate of drug-likeness (QED) is 0.852. The third kappa shape index (κ3) is 4.80. The van der Waals surface area contributed by atoms with Gasteiger partial charge in [-0.2, -0.15) is 13.2 Å². The molecule has 23 heavy (non-hydrogen) atoms. The van der Waals surface area contributed by atoms with E-state index in [2.05, 4.69) is 15.6 Å². The van der Waals surface area contributed by atoms with Crippen LogP contribution in [0.5, 0.6) is 0 Å². The SMILES string of the molecule is O=C(NCc1cccnc1)C(=O)Nc1cccc(C(F)(F)F)c1. The molecule has 2 amide bonds. The fourth-order valence-corrected chi connectivity index (χ4v) is 1.73. The first kappa shape index (κ1) is 16.5. The van der Waals surface area contributed by atoms with Crippen molar-refractivity contribution < 1.29 is 22.8 Å². The topological polar surface area (TPSA) is 71.1 Å². The molecule has 0 bridgehead atoms. The number of hydrogen-bond donors (Lipinski definition) is 2. The molecular formula is C15H12F3N3O2. The third-order valence-electron chi connectivity index (χ3n) is 2.83. The minimum atomic E-state index is -4.52. The maximum absolute atomic E-state index is 12.6. The molecule has 0 unspecified atom stereocenters. The number of alkyl halides is 3. The van der Waals surface area contributed by atoms with E-state index in [9.17, 15) is 22.8 Å². The Morgan fingerprint density at radius 1 is 1.09 bits per heavy atom.